The van der Waals surface area contributed by atoms with Gasteiger partial charge in [-0.2, -0.15) is 4.39 Å². The number of pyridine rings is 1. The molecule has 5 rings (SSSR count). The Labute approximate surface area is 188 Å². The third kappa shape index (κ3) is 4.52. The number of hydrogen-bond acceptors (Lipinski definition) is 5. The molecule has 1 N–H and O–H groups in total. The van der Waals surface area contributed by atoms with Crippen LogP contribution in [-0.4, -0.2) is 30.0 Å². The van der Waals surface area contributed by atoms with Gasteiger partial charge in [-0.25, -0.2) is 15.0 Å². The van der Waals surface area contributed by atoms with E-state index in [-0.39, 0.29) is 5.91 Å². The first-order chi connectivity index (χ1) is 15.6. The first kappa shape index (κ1) is 20.3. The van der Waals surface area contributed by atoms with Crippen molar-refractivity contribution in [2.75, 3.05) is 5.32 Å². The maximum Gasteiger partial charge on any atom is 0.274 e. The molecular weight excluding hydrogens is 427 g/mol. The standard InChI is InChI=1S/C23H21FN6OS/c24-21-11-16(8-9-25-21)12-29-10-2-5-20(29)22(31)28-23-27-18(14-32-23)7-6-17-13-30(15-26-17)19-3-1-4-19/h2,5-11,13-15,19H,1,3-4,12H2,(H,27,28,31)/b7-6+. The van der Waals surface area contributed by atoms with Gasteiger partial charge in [0.25, 0.3) is 5.91 Å². The quantitative estimate of drug-likeness (QED) is 0.409. The number of aromatic nitrogens is 5. The molecule has 7 nitrogen and oxygen atoms in total. The lowest BCUT2D eigenvalue weighted by Crippen LogP contribution is -2.17. The highest BCUT2D eigenvalue weighted by molar-refractivity contribution is 7.14. The van der Waals surface area contributed by atoms with Crippen molar-refractivity contribution in [2.24, 2.45) is 0 Å². The lowest BCUT2D eigenvalue weighted by Gasteiger charge is -2.26. The summed E-state index contributed by atoms with van der Waals surface area (Å²) >= 11 is 1.36. The minimum Gasteiger partial charge on any atom is -0.339 e. The van der Waals surface area contributed by atoms with Crippen LogP contribution in [0, 0.1) is 5.95 Å². The van der Waals surface area contributed by atoms with Gasteiger partial charge in [-0.05, 0) is 61.2 Å². The molecule has 162 valence electrons. The first-order valence-corrected chi connectivity index (χ1v) is 11.3. The molecule has 0 radical (unpaired) electrons. The molecule has 1 fully saturated rings. The molecule has 0 aliphatic heterocycles. The number of amides is 1. The van der Waals surface area contributed by atoms with Gasteiger partial charge in [0, 0.05) is 36.6 Å². The van der Waals surface area contributed by atoms with Crippen molar-refractivity contribution in [1.82, 2.24) is 24.1 Å². The largest absolute Gasteiger partial charge is 0.339 e. The zero-order valence-corrected chi connectivity index (χ0v) is 18.0. The summed E-state index contributed by atoms with van der Waals surface area (Å²) in [5.41, 5.74) is 2.84. The summed E-state index contributed by atoms with van der Waals surface area (Å²) in [7, 11) is 0. The first-order valence-electron chi connectivity index (χ1n) is 10.4. The Morgan fingerprint density at radius 2 is 2.12 bits per heavy atom. The van der Waals surface area contributed by atoms with Crippen LogP contribution < -0.4 is 5.32 Å². The third-order valence-corrected chi connectivity index (χ3v) is 6.27. The molecule has 4 aromatic rings. The Morgan fingerprint density at radius 1 is 1.25 bits per heavy atom. The molecule has 1 aliphatic rings. The molecule has 9 heteroatoms. The second-order valence-corrected chi connectivity index (χ2v) is 8.56. The minimum absolute atomic E-state index is 0.270. The highest BCUT2D eigenvalue weighted by atomic mass is 32.1. The van der Waals surface area contributed by atoms with E-state index in [2.05, 4.69) is 31.0 Å². The molecular formula is C23H21FN6OS. The van der Waals surface area contributed by atoms with E-state index in [1.54, 1.807) is 29.0 Å². The zero-order chi connectivity index (χ0) is 21.9. The van der Waals surface area contributed by atoms with Crippen LogP contribution in [-0.2, 0) is 6.54 Å². The van der Waals surface area contributed by atoms with Crippen LogP contribution in [0.1, 0.15) is 52.7 Å². The average molecular weight is 449 g/mol. The predicted molar refractivity (Wildman–Crippen MR) is 122 cm³/mol. The van der Waals surface area contributed by atoms with Crippen LogP contribution in [0.5, 0.6) is 0 Å². The third-order valence-electron chi connectivity index (χ3n) is 5.49. The second-order valence-electron chi connectivity index (χ2n) is 7.70. The number of halogens is 1. The lowest BCUT2D eigenvalue weighted by atomic mass is 9.93. The van der Waals surface area contributed by atoms with E-state index in [1.807, 2.05) is 23.9 Å². The van der Waals surface area contributed by atoms with E-state index in [1.165, 1.54) is 42.9 Å². The van der Waals surface area contributed by atoms with E-state index in [4.69, 9.17) is 0 Å². The molecule has 4 aromatic heterocycles. The second kappa shape index (κ2) is 8.88. The van der Waals surface area contributed by atoms with E-state index < -0.39 is 5.95 Å². The lowest BCUT2D eigenvalue weighted by molar-refractivity contribution is 0.101. The Hall–Kier alpha value is -3.59. The Kier molecular flexibility index (Phi) is 5.64. The van der Waals surface area contributed by atoms with Gasteiger partial charge >= 0.3 is 0 Å². The van der Waals surface area contributed by atoms with Gasteiger partial charge in [0.1, 0.15) is 5.69 Å². The van der Waals surface area contributed by atoms with Crippen LogP contribution >= 0.6 is 11.3 Å². The molecule has 4 heterocycles. The van der Waals surface area contributed by atoms with Crippen molar-refractivity contribution < 1.29 is 9.18 Å². The number of thiazole rings is 1. The maximum atomic E-state index is 13.4. The molecule has 32 heavy (non-hydrogen) atoms. The number of imidazole rings is 1. The Bertz CT molecular complexity index is 1270. The van der Waals surface area contributed by atoms with Crippen LogP contribution in [0.25, 0.3) is 12.2 Å². The summed E-state index contributed by atoms with van der Waals surface area (Å²) in [5, 5.41) is 5.24. The van der Waals surface area contributed by atoms with Gasteiger partial charge in [-0.1, -0.05) is 0 Å². The molecule has 0 aromatic carbocycles. The normalized spacial score (nSPS) is 14.0. The molecule has 0 spiro atoms. The van der Waals surface area contributed by atoms with Crippen molar-refractivity contribution in [3.8, 4) is 0 Å². The van der Waals surface area contributed by atoms with Crippen LogP contribution in [0.3, 0.4) is 0 Å². The maximum absolute atomic E-state index is 13.4. The summed E-state index contributed by atoms with van der Waals surface area (Å²) < 4.78 is 17.3. The fraction of sp³-hybridized carbons (Fsp3) is 0.217. The number of rotatable bonds is 7. The van der Waals surface area contributed by atoms with Crippen molar-refractivity contribution in [3.63, 3.8) is 0 Å². The number of anilines is 1. The smallest absolute Gasteiger partial charge is 0.274 e. The number of nitrogens with zero attached hydrogens (tertiary/aromatic N) is 5. The molecule has 1 amide bonds. The number of nitrogens with one attached hydrogen (secondary N) is 1. The summed E-state index contributed by atoms with van der Waals surface area (Å²) in [6.45, 7) is 0.370. The van der Waals surface area contributed by atoms with E-state index in [9.17, 15) is 9.18 Å². The minimum atomic E-state index is -0.543. The highest BCUT2D eigenvalue weighted by Crippen LogP contribution is 2.31. The SMILES string of the molecule is O=C(Nc1nc(/C=C/c2cn(C3CCC3)cn2)cs1)c1cccn1Cc1ccnc(F)c1. The molecule has 0 unspecified atom stereocenters. The molecule has 0 atom stereocenters. The van der Waals surface area contributed by atoms with Crippen molar-refractivity contribution in [3.05, 3.63) is 83.2 Å². The van der Waals surface area contributed by atoms with Crippen LogP contribution in [0.4, 0.5) is 9.52 Å². The van der Waals surface area contributed by atoms with Crippen LogP contribution in [0.2, 0.25) is 0 Å². The monoisotopic (exact) mass is 448 g/mol. The Morgan fingerprint density at radius 3 is 2.94 bits per heavy atom. The Balaban J connectivity index is 1.22. The van der Waals surface area contributed by atoms with Gasteiger partial charge < -0.3 is 9.13 Å². The molecule has 1 saturated carbocycles. The molecule has 1 aliphatic carbocycles. The van der Waals surface area contributed by atoms with Crippen molar-refractivity contribution >= 4 is 34.5 Å². The number of carbonyl (C=O) groups excluding carboxylic acids is 1. The summed E-state index contributed by atoms with van der Waals surface area (Å²) in [6, 6.07) is 7.17. The number of hydrogen-bond donors (Lipinski definition) is 1. The van der Waals surface area contributed by atoms with E-state index in [0.29, 0.717) is 23.4 Å². The number of carbonyl (C=O) groups is 1. The molecule has 0 saturated heterocycles. The molecule has 0 bridgehead atoms. The topological polar surface area (TPSA) is 77.6 Å². The fourth-order valence-corrected chi connectivity index (χ4v) is 4.24. The van der Waals surface area contributed by atoms with E-state index in [0.717, 1.165) is 17.0 Å². The predicted octanol–water partition coefficient (Wildman–Crippen LogP) is 4.87. The highest BCUT2D eigenvalue weighted by Gasteiger charge is 2.19. The summed E-state index contributed by atoms with van der Waals surface area (Å²) in [5.74, 6) is -0.813. The fourth-order valence-electron chi connectivity index (χ4n) is 3.57. The summed E-state index contributed by atoms with van der Waals surface area (Å²) in [6.07, 6.45) is 14.7. The van der Waals surface area contributed by atoms with Crippen molar-refractivity contribution in [2.45, 2.75) is 31.8 Å². The van der Waals surface area contributed by atoms with Gasteiger partial charge in [0.15, 0.2) is 5.13 Å². The van der Waals surface area contributed by atoms with E-state index >= 15 is 0 Å². The average Bonchev–Trinajstić information content (AvgIpc) is 3.47. The summed E-state index contributed by atoms with van der Waals surface area (Å²) in [4.78, 5) is 25.2. The van der Waals surface area contributed by atoms with Gasteiger partial charge in [-0.3, -0.25) is 10.1 Å². The zero-order valence-electron chi connectivity index (χ0n) is 17.2. The van der Waals surface area contributed by atoms with Gasteiger partial charge in [0.05, 0.1) is 17.7 Å². The van der Waals surface area contributed by atoms with Crippen LogP contribution in [0.15, 0.2) is 54.6 Å². The van der Waals surface area contributed by atoms with Gasteiger partial charge in [0.2, 0.25) is 5.95 Å². The van der Waals surface area contributed by atoms with Crippen molar-refractivity contribution in [1.29, 1.82) is 0 Å². The van der Waals surface area contributed by atoms with Gasteiger partial charge in [-0.15, -0.1) is 11.3 Å².